The van der Waals surface area contributed by atoms with Crippen molar-refractivity contribution in [1.29, 1.82) is 0 Å². The number of hydrogen-bond acceptors (Lipinski definition) is 9. The van der Waals surface area contributed by atoms with Crippen LogP contribution in [-0.4, -0.2) is 89.6 Å². The van der Waals surface area contributed by atoms with E-state index in [1.807, 2.05) is 0 Å². The van der Waals surface area contributed by atoms with Crippen molar-refractivity contribution in [3.63, 3.8) is 0 Å². The van der Waals surface area contributed by atoms with Crippen LogP contribution in [0.5, 0.6) is 0 Å². The van der Waals surface area contributed by atoms with Gasteiger partial charge in [-0.25, -0.2) is 0 Å². The summed E-state index contributed by atoms with van der Waals surface area (Å²) in [5.41, 5.74) is 0. The second-order valence-electron chi connectivity index (χ2n) is 15.4. The van der Waals surface area contributed by atoms with Gasteiger partial charge in [0.05, 0.1) is 19.8 Å². The van der Waals surface area contributed by atoms with E-state index in [9.17, 15) is 25.2 Å². The van der Waals surface area contributed by atoms with E-state index in [1.54, 1.807) is 0 Å². The molecule has 0 aromatic carbocycles. The van der Waals surface area contributed by atoms with E-state index in [-0.39, 0.29) is 25.6 Å². The van der Waals surface area contributed by atoms with E-state index < -0.39 is 43.4 Å². The molecule has 9 heteroatoms. The Labute approximate surface area is 376 Å². The summed E-state index contributed by atoms with van der Waals surface area (Å²) >= 11 is 0. The number of unbranched alkanes of at least 4 members (excludes halogenated alkanes) is 7. The molecule has 1 aliphatic rings. The quantitative estimate of drug-likeness (QED) is 0.0272. The summed E-state index contributed by atoms with van der Waals surface area (Å²) in [5.74, 6) is -0.354. The molecule has 0 saturated carbocycles. The Morgan fingerprint density at radius 2 is 0.935 bits per heavy atom. The number of ether oxygens (including phenoxy) is 4. The average molecular weight is 865 g/mol. The SMILES string of the molecule is CC/C=C\C/C=C\C/C=C\C/C=C\C/C=C\CCCCCCCC(=O)OC(COCCCC/C=C\C/C=C\C/C=C\C/C=C\C/C=C\CC)COC1OC(CO)C(O)C(O)C1O. The van der Waals surface area contributed by atoms with Gasteiger partial charge in [-0.15, -0.1) is 0 Å². The number of rotatable bonds is 38. The molecule has 1 rings (SSSR count). The zero-order valence-corrected chi connectivity index (χ0v) is 38.3. The molecular weight excluding hydrogens is 781 g/mol. The minimum absolute atomic E-state index is 0.0979. The van der Waals surface area contributed by atoms with Crippen molar-refractivity contribution in [3.05, 3.63) is 122 Å². The maximum Gasteiger partial charge on any atom is 0.306 e. The van der Waals surface area contributed by atoms with Gasteiger partial charge in [-0.3, -0.25) is 4.79 Å². The first-order chi connectivity index (χ1) is 30.4. The molecule has 6 unspecified atom stereocenters. The average Bonchev–Trinajstić information content (AvgIpc) is 3.27. The number of carbonyl (C=O) groups excluding carboxylic acids is 1. The number of aliphatic hydroxyl groups is 4. The molecule has 1 heterocycles. The number of carbonyl (C=O) groups is 1. The highest BCUT2D eigenvalue weighted by atomic mass is 16.7. The van der Waals surface area contributed by atoms with Gasteiger partial charge in [0, 0.05) is 13.0 Å². The van der Waals surface area contributed by atoms with E-state index in [4.69, 9.17) is 18.9 Å². The molecule has 0 aromatic heterocycles. The first-order valence-corrected chi connectivity index (χ1v) is 23.6. The first kappa shape index (κ1) is 56.6. The van der Waals surface area contributed by atoms with E-state index >= 15 is 0 Å². The zero-order valence-electron chi connectivity index (χ0n) is 38.3. The minimum Gasteiger partial charge on any atom is -0.457 e. The molecule has 4 N–H and O–H groups in total. The van der Waals surface area contributed by atoms with Crippen LogP contribution in [0.3, 0.4) is 0 Å². The third-order valence-corrected chi connectivity index (χ3v) is 9.87. The summed E-state index contributed by atoms with van der Waals surface area (Å²) in [4.78, 5) is 12.8. The summed E-state index contributed by atoms with van der Waals surface area (Å²) in [6, 6.07) is 0. The third kappa shape index (κ3) is 33.2. The van der Waals surface area contributed by atoms with Crippen LogP contribution in [0, 0.1) is 0 Å². The molecule has 0 bridgehead atoms. The number of esters is 1. The Morgan fingerprint density at radius 1 is 0.516 bits per heavy atom. The summed E-state index contributed by atoms with van der Waals surface area (Å²) in [6.45, 7) is 4.16. The molecular formula is C53H84O9. The lowest BCUT2D eigenvalue weighted by Crippen LogP contribution is -2.59. The largest absolute Gasteiger partial charge is 0.457 e. The molecule has 9 nitrogen and oxygen atoms in total. The van der Waals surface area contributed by atoms with Gasteiger partial charge in [0.1, 0.15) is 30.5 Å². The lowest BCUT2D eigenvalue weighted by molar-refractivity contribution is -0.305. The van der Waals surface area contributed by atoms with Gasteiger partial charge in [-0.2, -0.15) is 0 Å². The van der Waals surface area contributed by atoms with Crippen LogP contribution < -0.4 is 0 Å². The predicted octanol–water partition coefficient (Wildman–Crippen LogP) is 11.1. The molecule has 0 aromatic rings. The van der Waals surface area contributed by atoms with Crippen molar-refractivity contribution in [2.24, 2.45) is 0 Å². The minimum atomic E-state index is -1.56. The van der Waals surface area contributed by atoms with Gasteiger partial charge in [0.2, 0.25) is 0 Å². The summed E-state index contributed by atoms with van der Waals surface area (Å²) in [6.07, 6.45) is 55.1. The van der Waals surface area contributed by atoms with Crippen LogP contribution >= 0.6 is 0 Å². The Hall–Kier alpha value is -3.41. The lowest BCUT2D eigenvalue weighted by Gasteiger charge is -2.39. The van der Waals surface area contributed by atoms with Crippen LogP contribution in [0.4, 0.5) is 0 Å². The second-order valence-corrected chi connectivity index (χ2v) is 15.4. The summed E-state index contributed by atoms with van der Waals surface area (Å²) in [5, 5.41) is 40.2. The van der Waals surface area contributed by atoms with Gasteiger partial charge in [-0.1, -0.05) is 155 Å². The maximum atomic E-state index is 12.8. The van der Waals surface area contributed by atoms with Crippen molar-refractivity contribution in [1.82, 2.24) is 0 Å². The van der Waals surface area contributed by atoms with Crippen molar-refractivity contribution in [2.75, 3.05) is 26.4 Å². The van der Waals surface area contributed by atoms with Gasteiger partial charge >= 0.3 is 5.97 Å². The van der Waals surface area contributed by atoms with E-state index in [0.717, 1.165) is 122 Å². The fourth-order valence-corrected chi connectivity index (χ4v) is 6.25. The fraction of sp³-hybridized carbons (Fsp3) is 0.604. The molecule has 1 aliphatic heterocycles. The number of hydrogen-bond donors (Lipinski definition) is 4. The smallest absolute Gasteiger partial charge is 0.306 e. The van der Waals surface area contributed by atoms with Crippen LogP contribution in [0.1, 0.15) is 142 Å². The molecule has 0 radical (unpaired) electrons. The molecule has 1 saturated heterocycles. The molecule has 0 amide bonds. The fourth-order valence-electron chi connectivity index (χ4n) is 6.25. The van der Waals surface area contributed by atoms with Gasteiger partial charge in [0.15, 0.2) is 6.29 Å². The van der Waals surface area contributed by atoms with Crippen molar-refractivity contribution >= 4 is 5.97 Å². The van der Waals surface area contributed by atoms with Gasteiger partial charge in [-0.05, 0) is 103 Å². The van der Waals surface area contributed by atoms with E-state index in [0.29, 0.717) is 6.61 Å². The lowest BCUT2D eigenvalue weighted by atomic mass is 9.99. The Morgan fingerprint density at radius 3 is 1.40 bits per heavy atom. The summed E-state index contributed by atoms with van der Waals surface area (Å²) < 4.78 is 22.8. The normalized spacial score (nSPS) is 20.9. The van der Waals surface area contributed by atoms with Crippen LogP contribution in [0.2, 0.25) is 0 Å². The Bertz CT molecular complexity index is 1350. The molecule has 6 atom stereocenters. The molecule has 1 fully saturated rings. The number of aliphatic hydroxyl groups excluding tert-OH is 4. The summed E-state index contributed by atoms with van der Waals surface area (Å²) in [7, 11) is 0. The van der Waals surface area contributed by atoms with Gasteiger partial charge in [0.25, 0.3) is 0 Å². The monoisotopic (exact) mass is 865 g/mol. The van der Waals surface area contributed by atoms with Gasteiger partial charge < -0.3 is 39.4 Å². The predicted molar refractivity (Wildman–Crippen MR) is 256 cm³/mol. The topological polar surface area (TPSA) is 135 Å². The molecule has 62 heavy (non-hydrogen) atoms. The molecule has 0 aliphatic carbocycles. The maximum absolute atomic E-state index is 12.8. The first-order valence-electron chi connectivity index (χ1n) is 23.6. The van der Waals surface area contributed by atoms with Crippen molar-refractivity contribution in [2.45, 2.75) is 179 Å². The highest BCUT2D eigenvalue weighted by molar-refractivity contribution is 5.69. The zero-order chi connectivity index (χ0) is 45.0. The Kier molecular flexibility index (Phi) is 39.1. The van der Waals surface area contributed by atoms with Crippen molar-refractivity contribution in [3.8, 4) is 0 Å². The number of allylic oxidation sites excluding steroid dienone is 20. The highest BCUT2D eigenvalue weighted by Gasteiger charge is 2.44. The molecule has 350 valence electrons. The second kappa shape index (κ2) is 42.9. The van der Waals surface area contributed by atoms with Crippen molar-refractivity contribution < 1.29 is 44.2 Å². The standard InChI is InChI=1S/C53H84O9/c1-3-5-7-9-11-13-15-17-19-21-23-24-25-26-28-30-32-34-36-38-40-42-49(55)61-47(46-60-53-52(58)51(57)50(56)48(44-54)62-53)45-59-43-41-39-37-35-33-31-29-27-22-20-18-16-14-12-10-8-6-4-2/h5-8,11-14,17-20,23-24,26-29,33,35,47-48,50-54,56-58H,3-4,9-10,15-16,21-22,25,30-32,34,36-46H2,1-2H3/b7-5-,8-6-,13-11-,14-12-,19-17-,20-18-,24-23-,28-26-,29-27-,35-33-. The Balaban J connectivity index is 2.32. The van der Waals surface area contributed by atoms with Crippen LogP contribution in [0.25, 0.3) is 0 Å². The van der Waals surface area contributed by atoms with E-state index in [1.165, 1.54) is 0 Å². The van der Waals surface area contributed by atoms with Crippen LogP contribution in [0.15, 0.2) is 122 Å². The highest BCUT2D eigenvalue weighted by Crippen LogP contribution is 2.22. The third-order valence-electron chi connectivity index (χ3n) is 9.87. The van der Waals surface area contributed by atoms with Crippen LogP contribution in [-0.2, 0) is 23.7 Å². The molecule has 0 spiro atoms. The van der Waals surface area contributed by atoms with E-state index in [2.05, 4.69) is 135 Å².